The largest absolute Gasteiger partial charge is 0.385 e. The van der Waals surface area contributed by atoms with Crippen LogP contribution in [0.3, 0.4) is 0 Å². The van der Waals surface area contributed by atoms with E-state index in [0.717, 1.165) is 49.2 Å². The molecule has 2 aromatic rings. The third kappa shape index (κ3) is 4.26. The number of aryl methyl sites for hydroxylation is 1. The van der Waals surface area contributed by atoms with Crippen LogP contribution in [0.15, 0.2) is 48.5 Å². The van der Waals surface area contributed by atoms with Gasteiger partial charge in [0.2, 0.25) is 5.91 Å². The highest BCUT2D eigenvalue weighted by Gasteiger charge is 2.36. The highest BCUT2D eigenvalue weighted by Crippen LogP contribution is 2.34. The molecule has 1 unspecified atom stereocenters. The molecule has 152 valence electrons. The van der Waals surface area contributed by atoms with Gasteiger partial charge in [0.25, 0.3) is 0 Å². The van der Waals surface area contributed by atoms with Crippen molar-refractivity contribution >= 4 is 17.4 Å². The first-order valence-corrected chi connectivity index (χ1v) is 10.4. The fourth-order valence-corrected chi connectivity index (χ4v) is 4.61. The predicted octanol–water partition coefficient (Wildman–Crippen LogP) is 3.37. The summed E-state index contributed by atoms with van der Waals surface area (Å²) in [5, 5.41) is 13.8. The highest BCUT2D eigenvalue weighted by molar-refractivity contribution is 6.02. The van der Waals surface area contributed by atoms with E-state index in [1.807, 2.05) is 48.5 Å². The normalized spacial score (nSPS) is 21.4. The number of benzene rings is 2. The van der Waals surface area contributed by atoms with Crippen molar-refractivity contribution in [1.82, 2.24) is 4.90 Å². The average Bonchev–Trinajstić information content (AvgIpc) is 2.72. The van der Waals surface area contributed by atoms with Gasteiger partial charge in [0, 0.05) is 43.7 Å². The monoisotopic (exact) mass is 392 g/mol. The standard InChI is InChI=1S/C24H28N2O3/c1-17(27)25-21-10-9-18-7-8-19(23(28)22(18)15-21)16-26-13-11-24(29,12-14-26)20-5-3-2-4-6-20/h2-6,9-10,15,19,29H,7-8,11-14,16H2,1H3,(H,25,27). The Kier molecular flexibility index (Phi) is 5.52. The number of amides is 1. The van der Waals surface area contributed by atoms with Crippen molar-refractivity contribution < 1.29 is 14.7 Å². The molecule has 0 aromatic heterocycles. The van der Waals surface area contributed by atoms with E-state index < -0.39 is 5.60 Å². The highest BCUT2D eigenvalue weighted by atomic mass is 16.3. The number of likely N-dealkylation sites (tertiary alicyclic amines) is 1. The molecule has 1 amide bonds. The Bertz CT molecular complexity index is 902. The number of piperidine rings is 1. The van der Waals surface area contributed by atoms with Gasteiger partial charge in [-0.25, -0.2) is 0 Å². The molecule has 1 aliphatic carbocycles. The minimum absolute atomic E-state index is 0.0296. The maximum Gasteiger partial charge on any atom is 0.221 e. The van der Waals surface area contributed by atoms with E-state index >= 15 is 0 Å². The van der Waals surface area contributed by atoms with Crippen molar-refractivity contribution in [3.05, 3.63) is 65.2 Å². The molecule has 2 aromatic carbocycles. The topological polar surface area (TPSA) is 69.6 Å². The molecule has 1 saturated heterocycles. The number of fused-ring (bicyclic) bond motifs is 1. The Labute approximate surface area is 171 Å². The molecule has 1 heterocycles. The Balaban J connectivity index is 1.40. The SMILES string of the molecule is CC(=O)Nc1ccc2c(c1)C(=O)C(CN1CCC(O)(c3ccccc3)CC1)CC2. The molecule has 5 heteroatoms. The number of rotatable bonds is 4. The smallest absolute Gasteiger partial charge is 0.221 e. The van der Waals surface area contributed by atoms with Crippen LogP contribution in [0.1, 0.15) is 47.7 Å². The summed E-state index contributed by atoms with van der Waals surface area (Å²) in [6, 6.07) is 15.5. The summed E-state index contributed by atoms with van der Waals surface area (Å²) in [6.07, 6.45) is 3.10. The van der Waals surface area contributed by atoms with Crippen LogP contribution in [0.2, 0.25) is 0 Å². The van der Waals surface area contributed by atoms with Crippen molar-refractivity contribution in [2.24, 2.45) is 5.92 Å². The van der Waals surface area contributed by atoms with Crippen molar-refractivity contribution in [2.45, 2.75) is 38.2 Å². The third-order valence-electron chi connectivity index (χ3n) is 6.30. The zero-order valence-corrected chi connectivity index (χ0v) is 16.9. The Morgan fingerprint density at radius 3 is 2.59 bits per heavy atom. The third-order valence-corrected chi connectivity index (χ3v) is 6.30. The van der Waals surface area contributed by atoms with Crippen LogP contribution < -0.4 is 5.32 Å². The molecule has 1 aliphatic heterocycles. The molecule has 0 bridgehead atoms. The summed E-state index contributed by atoms with van der Waals surface area (Å²) in [6.45, 7) is 3.77. The minimum atomic E-state index is -0.770. The lowest BCUT2D eigenvalue weighted by Gasteiger charge is -2.40. The van der Waals surface area contributed by atoms with E-state index in [1.54, 1.807) is 0 Å². The number of ketones is 1. The molecule has 0 saturated carbocycles. The molecule has 4 rings (SSSR count). The quantitative estimate of drug-likeness (QED) is 0.837. The molecule has 0 spiro atoms. The van der Waals surface area contributed by atoms with E-state index in [2.05, 4.69) is 10.2 Å². The summed E-state index contributed by atoms with van der Waals surface area (Å²) in [7, 11) is 0. The van der Waals surface area contributed by atoms with Crippen LogP contribution >= 0.6 is 0 Å². The lowest BCUT2D eigenvalue weighted by Crippen LogP contribution is -2.45. The number of anilines is 1. The van der Waals surface area contributed by atoms with Crippen molar-refractivity contribution in [3.63, 3.8) is 0 Å². The summed E-state index contributed by atoms with van der Waals surface area (Å²) in [4.78, 5) is 26.7. The summed E-state index contributed by atoms with van der Waals surface area (Å²) in [5.41, 5.74) is 2.69. The van der Waals surface area contributed by atoms with Gasteiger partial charge in [-0.2, -0.15) is 0 Å². The maximum absolute atomic E-state index is 13.1. The van der Waals surface area contributed by atoms with Crippen molar-refractivity contribution in [3.8, 4) is 0 Å². The van der Waals surface area contributed by atoms with Crippen LogP contribution in [0.4, 0.5) is 5.69 Å². The Morgan fingerprint density at radius 2 is 1.90 bits per heavy atom. The molecule has 1 fully saturated rings. The number of hydrogen-bond acceptors (Lipinski definition) is 4. The molecule has 2 N–H and O–H groups in total. The lowest BCUT2D eigenvalue weighted by molar-refractivity contribution is -0.114. The van der Waals surface area contributed by atoms with Crippen molar-refractivity contribution in [1.29, 1.82) is 0 Å². The van der Waals surface area contributed by atoms with Gasteiger partial charge >= 0.3 is 0 Å². The number of nitrogens with one attached hydrogen (secondary N) is 1. The van der Waals surface area contributed by atoms with Crippen LogP contribution in [0, 0.1) is 5.92 Å². The Morgan fingerprint density at radius 1 is 1.17 bits per heavy atom. The zero-order chi connectivity index (χ0) is 20.4. The van der Waals surface area contributed by atoms with Crippen LogP contribution in [-0.4, -0.2) is 41.3 Å². The summed E-state index contributed by atoms with van der Waals surface area (Å²) < 4.78 is 0. The van der Waals surface area contributed by atoms with Gasteiger partial charge in [0.15, 0.2) is 5.78 Å². The molecule has 5 nitrogen and oxygen atoms in total. The van der Waals surface area contributed by atoms with E-state index in [9.17, 15) is 14.7 Å². The van der Waals surface area contributed by atoms with Gasteiger partial charge in [-0.05, 0) is 48.9 Å². The molecular weight excluding hydrogens is 364 g/mol. The predicted molar refractivity (Wildman–Crippen MR) is 113 cm³/mol. The van der Waals surface area contributed by atoms with Gasteiger partial charge in [-0.3, -0.25) is 9.59 Å². The first-order valence-electron chi connectivity index (χ1n) is 10.4. The lowest BCUT2D eigenvalue weighted by atomic mass is 9.81. The average molecular weight is 392 g/mol. The van der Waals surface area contributed by atoms with E-state index in [0.29, 0.717) is 18.5 Å². The number of carbonyl (C=O) groups excluding carboxylic acids is 2. The molecule has 2 aliphatic rings. The van der Waals surface area contributed by atoms with Gasteiger partial charge in [-0.15, -0.1) is 0 Å². The van der Waals surface area contributed by atoms with Crippen LogP contribution in [0.25, 0.3) is 0 Å². The zero-order valence-electron chi connectivity index (χ0n) is 16.9. The number of carbonyl (C=O) groups is 2. The Hall–Kier alpha value is -2.50. The number of aliphatic hydroxyl groups is 1. The first kappa shape index (κ1) is 19.8. The summed E-state index contributed by atoms with van der Waals surface area (Å²) >= 11 is 0. The number of Topliss-reactive ketones (excluding diaryl/α,β-unsaturated/α-hetero) is 1. The maximum atomic E-state index is 13.1. The second-order valence-electron chi connectivity index (χ2n) is 8.35. The van der Waals surface area contributed by atoms with Crippen LogP contribution in [-0.2, 0) is 16.8 Å². The van der Waals surface area contributed by atoms with Gasteiger partial charge in [0.05, 0.1) is 5.60 Å². The fourth-order valence-electron chi connectivity index (χ4n) is 4.61. The number of hydrogen-bond donors (Lipinski definition) is 2. The minimum Gasteiger partial charge on any atom is -0.385 e. The van der Waals surface area contributed by atoms with Gasteiger partial charge < -0.3 is 15.3 Å². The second kappa shape index (κ2) is 8.09. The van der Waals surface area contributed by atoms with Gasteiger partial charge in [0.1, 0.15) is 0 Å². The van der Waals surface area contributed by atoms with E-state index in [4.69, 9.17) is 0 Å². The van der Waals surface area contributed by atoms with E-state index in [1.165, 1.54) is 6.92 Å². The molecule has 29 heavy (non-hydrogen) atoms. The summed E-state index contributed by atoms with van der Waals surface area (Å²) in [5.74, 6) is 0.00400. The first-order chi connectivity index (χ1) is 13.9. The second-order valence-corrected chi connectivity index (χ2v) is 8.35. The molecule has 0 radical (unpaired) electrons. The van der Waals surface area contributed by atoms with Crippen molar-refractivity contribution in [2.75, 3.05) is 25.0 Å². The molecular formula is C24H28N2O3. The van der Waals surface area contributed by atoms with E-state index in [-0.39, 0.29) is 17.6 Å². The number of nitrogens with zero attached hydrogens (tertiary/aromatic N) is 1. The van der Waals surface area contributed by atoms with Crippen LogP contribution in [0.5, 0.6) is 0 Å². The fraction of sp³-hybridized carbons (Fsp3) is 0.417. The van der Waals surface area contributed by atoms with Gasteiger partial charge in [-0.1, -0.05) is 36.4 Å². The molecule has 1 atom stereocenters.